The Bertz CT molecular complexity index is 60.1. The lowest BCUT2D eigenvalue weighted by Gasteiger charge is -2.33. The lowest BCUT2D eigenvalue weighted by atomic mass is 10.0. The first-order valence-electron chi connectivity index (χ1n) is 3.14. The van der Waals surface area contributed by atoms with Gasteiger partial charge < -0.3 is 10.4 Å². The Kier molecular flexibility index (Phi) is 3.02. The van der Waals surface area contributed by atoms with Crippen molar-refractivity contribution >= 4 is 0 Å². The van der Waals surface area contributed by atoms with Crippen molar-refractivity contribution in [1.82, 2.24) is 5.32 Å². The predicted octanol–water partition coefficient (Wildman–Crippen LogP) is 0.613. The molecule has 0 atom stereocenters. The summed E-state index contributed by atoms with van der Waals surface area (Å²) in [4.78, 5) is 0. The second-order valence-electron chi connectivity index (χ2n) is 2.10. The van der Waals surface area contributed by atoms with Gasteiger partial charge in [0.15, 0.2) is 0 Å². The van der Waals surface area contributed by atoms with Gasteiger partial charge in [0.05, 0.1) is 5.60 Å². The molecule has 0 amide bonds. The minimum Gasteiger partial charge on any atom is -0.388 e. The van der Waals surface area contributed by atoms with Crippen molar-refractivity contribution in [2.24, 2.45) is 0 Å². The molecule has 2 heteroatoms. The van der Waals surface area contributed by atoms with Crippen LogP contribution < -0.4 is 5.32 Å². The van der Waals surface area contributed by atoms with E-state index < -0.39 is 0 Å². The maximum atomic E-state index is 8.85. The van der Waals surface area contributed by atoms with Gasteiger partial charge in [-0.1, -0.05) is 13.8 Å². The third kappa shape index (κ3) is 2.28. The lowest BCUT2D eigenvalue weighted by Crippen LogP contribution is -2.57. The molecular formula is C6H17NO. The Morgan fingerprint density at radius 1 is 1.50 bits per heavy atom. The van der Waals surface area contributed by atoms with E-state index in [2.05, 4.69) is 5.32 Å². The molecule has 0 spiro atoms. The van der Waals surface area contributed by atoms with Gasteiger partial charge in [-0.25, -0.2) is 0 Å². The minimum absolute atomic E-state index is 0. The van der Waals surface area contributed by atoms with E-state index in [9.17, 15) is 0 Å². The highest BCUT2D eigenvalue weighted by Crippen LogP contribution is 2.05. The number of nitrogens with one attached hydrogen (secondary N) is 1. The molecule has 1 rings (SSSR count). The molecule has 1 saturated heterocycles. The zero-order valence-corrected chi connectivity index (χ0v) is 5.86. The number of hydrogen-bond acceptors (Lipinski definition) is 2. The van der Waals surface area contributed by atoms with Crippen molar-refractivity contribution in [2.75, 3.05) is 13.1 Å². The van der Waals surface area contributed by atoms with Crippen LogP contribution in [0.1, 0.15) is 22.2 Å². The first-order valence-corrected chi connectivity index (χ1v) is 3.14. The van der Waals surface area contributed by atoms with Crippen LogP contribution in [0.15, 0.2) is 0 Å². The summed E-state index contributed by atoms with van der Waals surface area (Å²) in [6.45, 7) is 7.34. The second kappa shape index (κ2) is 3.05. The van der Waals surface area contributed by atoms with E-state index in [1.54, 1.807) is 0 Å². The Labute approximate surface area is 52.4 Å². The average Bonchev–Trinajstić information content (AvgIpc) is 1.69. The SMILES string of the molecule is CC.CC1(O)CNC1.[HH]. The molecule has 52 valence electrons. The van der Waals surface area contributed by atoms with Crippen molar-refractivity contribution in [3.05, 3.63) is 0 Å². The molecule has 2 nitrogen and oxygen atoms in total. The molecule has 1 heterocycles. The number of rotatable bonds is 0. The fraction of sp³-hybridized carbons (Fsp3) is 1.00. The maximum Gasteiger partial charge on any atom is 0.0867 e. The molecule has 0 radical (unpaired) electrons. The molecule has 0 aliphatic carbocycles. The van der Waals surface area contributed by atoms with Gasteiger partial charge in [0.1, 0.15) is 0 Å². The zero-order valence-electron chi connectivity index (χ0n) is 5.86. The van der Waals surface area contributed by atoms with E-state index in [4.69, 9.17) is 5.11 Å². The third-order valence-corrected chi connectivity index (χ3v) is 1.01. The summed E-state index contributed by atoms with van der Waals surface area (Å²) in [6, 6.07) is 0. The summed E-state index contributed by atoms with van der Waals surface area (Å²) < 4.78 is 0. The van der Waals surface area contributed by atoms with Crippen LogP contribution in [0.25, 0.3) is 0 Å². The fourth-order valence-corrected chi connectivity index (χ4v) is 0.487. The highest BCUT2D eigenvalue weighted by molar-refractivity contribution is 4.87. The minimum atomic E-state index is -0.389. The normalized spacial score (nSPS) is 22.5. The van der Waals surface area contributed by atoms with Crippen LogP contribution in [0, 0.1) is 0 Å². The molecular weight excluding hydrogens is 102 g/mol. The van der Waals surface area contributed by atoms with E-state index in [1.165, 1.54) is 0 Å². The van der Waals surface area contributed by atoms with Gasteiger partial charge in [-0.3, -0.25) is 0 Å². The first-order chi connectivity index (χ1) is 3.71. The van der Waals surface area contributed by atoms with Gasteiger partial charge in [-0.15, -0.1) is 0 Å². The quantitative estimate of drug-likeness (QED) is 0.490. The number of hydrogen-bond donors (Lipinski definition) is 2. The molecule has 0 saturated carbocycles. The predicted molar refractivity (Wildman–Crippen MR) is 37.0 cm³/mol. The fourth-order valence-electron chi connectivity index (χ4n) is 0.487. The molecule has 0 aromatic rings. The van der Waals surface area contributed by atoms with E-state index in [0.29, 0.717) is 0 Å². The molecule has 1 aliphatic rings. The Hall–Kier alpha value is -0.0800. The van der Waals surface area contributed by atoms with Crippen molar-refractivity contribution in [2.45, 2.75) is 26.4 Å². The summed E-state index contributed by atoms with van der Waals surface area (Å²) in [5, 5.41) is 11.8. The van der Waals surface area contributed by atoms with Crippen LogP contribution in [0.4, 0.5) is 0 Å². The lowest BCUT2D eigenvalue weighted by molar-refractivity contribution is 0.00878. The summed E-state index contributed by atoms with van der Waals surface area (Å²) in [5.41, 5.74) is -0.389. The van der Waals surface area contributed by atoms with Crippen LogP contribution >= 0.6 is 0 Å². The molecule has 1 fully saturated rings. The van der Waals surface area contributed by atoms with E-state index in [-0.39, 0.29) is 7.03 Å². The standard InChI is InChI=1S/C4H9NO.C2H6.H2/c1-4(6)2-5-3-4;1-2;/h5-6H,2-3H2,1H3;1-2H3;1H. The maximum absolute atomic E-state index is 8.85. The van der Waals surface area contributed by atoms with Gasteiger partial charge in [0, 0.05) is 14.5 Å². The van der Waals surface area contributed by atoms with Crippen LogP contribution in [0.3, 0.4) is 0 Å². The van der Waals surface area contributed by atoms with Gasteiger partial charge in [-0.05, 0) is 6.92 Å². The highest BCUT2D eigenvalue weighted by atomic mass is 16.3. The van der Waals surface area contributed by atoms with Crippen LogP contribution in [0.5, 0.6) is 0 Å². The highest BCUT2D eigenvalue weighted by Gasteiger charge is 2.27. The van der Waals surface area contributed by atoms with Crippen molar-refractivity contribution in [3.63, 3.8) is 0 Å². The molecule has 1 aliphatic heterocycles. The van der Waals surface area contributed by atoms with Crippen molar-refractivity contribution < 1.29 is 6.53 Å². The average molecular weight is 119 g/mol. The van der Waals surface area contributed by atoms with Crippen LogP contribution in [-0.2, 0) is 0 Å². The van der Waals surface area contributed by atoms with Crippen LogP contribution in [-0.4, -0.2) is 23.8 Å². The molecule has 0 aromatic carbocycles. The smallest absolute Gasteiger partial charge is 0.0867 e. The first kappa shape index (κ1) is 7.92. The number of aliphatic hydroxyl groups is 1. The summed E-state index contributed by atoms with van der Waals surface area (Å²) >= 11 is 0. The number of β-amino-alcohol motifs (C(OH)–C–C–N with tert-alkyl or cyclic N) is 1. The third-order valence-electron chi connectivity index (χ3n) is 1.01. The molecule has 2 N–H and O–H groups in total. The molecule has 8 heavy (non-hydrogen) atoms. The van der Waals surface area contributed by atoms with E-state index >= 15 is 0 Å². The largest absolute Gasteiger partial charge is 0.388 e. The van der Waals surface area contributed by atoms with Gasteiger partial charge in [0.25, 0.3) is 0 Å². The Morgan fingerprint density at radius 2 is 1.75 bits per heavy atom. The molecule has 0 bridgehead atoms. The van der Waals surface area contributed by atoms with Crippen molar-refractivity contribution in [1.29, 1.82) is 0 Å². The second-order valence-corrected chi connectivity index (χ2v) is 2.10. The Morgan fingerprint density at radius 3 is 1.75 bits per heavy atom. The Balaban J connectivity index is 0. The van der Waals surface area contributed by atoms with Gasteiger partial charge in [-0.2, -0.15) is 0 Å². The molecule has 0 unspecified atom stereocenters. The van der Waals surface area contributed by atoms with E-state index in [1.807, 2.05) is 20.8 Å². The van der Waals surface area contributed by atoms with Gasteiger partial charge >= 0.3 is 0 Å². The zero-order chi connectivity index (χ0) is 6.62. The monoisotopic (exact) mass is 119 g/mol. The van der Waals surface area contributed by atoms with E-state index in [0.717, 1.165) is 13.1 Å². The summed E-state index contributed by atoms with van der Waals surface area (Å²) in [6.07, 6.45) is 0. The summed E-state index contributed by atoms with van der Waals surface area (Å²) in [7, 11) is 0. The van der Waals surface area contributed by atoms with Crippen molar-refractivity contribution in [3.8, 4) is 0 Å². The topological polar surface area (TPSA) is 32.3 Å². The van der Waals surface area contributed by atoms with Gasteiger partial charge in [0.2, 0.25) is 0 Å². The summed E-state index contributed by atoms with van der Waals surface area (Å²) in [5.74, 6) is 0. The van der Waals surface area contributed by atoms with Crippen LogP contribution in [0.2, 0.25) is 0 Å². The molecule has 0 aromatic heterocycles.